The van der Waals surface area contributed by atoms with Gasteiger partial charge in [0.2, 0.25) is 0 Å². The Morgan fingerprint density at radius 1 is 1.27 bits per heavy atom. The zero-order chi connectivity index (χ0) is 11.0. The highest BCUT2D eigenvalue weighted by Crippen LogP contribution is 2.29. The minimum Gasteiger partial charge on any atom is -0.382 e. The van der Waals surface area contributed by atoms with Gasteiger partial charge in [-0.05, 0) is 32.4 Å². The molecule has 0 spiro atoms. The molecule has 3 N–H and O–H groups in total. The number of hydrogen-bond donors (Lipinski definition) is 2. The van der Waals surface area contributed by atoms with Gasteiger partial charge < -0.3 is 5.73 Å². The second kappa shape index (κ2) is 3.38. The van der Waals surface area contributed by atoms with Crippen LogP contribution in [0.5, 0.6) is 0 Å². The topological polar surface area (TPSA) is 67.6 Å². The summed E-state index contributed by atoms with van der Waals surface area (Å²) >= 11 is 0. The second-order valence-corrected chi connectivity index (χ2v) is 3.75. The van der Waals surface area contributed by atoms with Crippen LogP contribution in [0.25, 0.3) is 11.1 Å². The summed E-state index contributed by atoms with van der Waals surface area (Å²) in [5.74, 6) is 0.529. The zero-order valence-corrected chi connectivity index (χ0v) is 9.13. The third-order valence-corrected chi connectivity index (χ3v) is 2.49. The maximum atomic E-state index is 5.81. The Balaban J connectivity index is 2.64. The van der Waals surface area contributed by atoms with Crippen molar-refractivity contribution in [2.75, 3.05) is 5.73 Å². The standard InChI is InChI=1S/C11H14N4/c1-6-4-7(2)13-5-9(6)10-8(3)14-15-11(10)12/h4-5H,1-3H3,(H3,12,14,15). The monoisotopic (exact) mass is 202 g/mol. The van der Waals surface area contributed by atoms with Gasteiger partial charge in [-0.1, -0.05) is 0 Å². The van der Waals surface area contributed by atoms with E-state index in [4.69, 9.17) is 5.73 Å². The molecule has 0 aliphatic carbocycles. The van der Waals surface area contributed by atoms with E-state index in [0.717, 1.165) is 22.5 Å². The molecule has 78 valence electrons. The van der Waals surface area contributed by atoms with E-state index in [9.17, 15) is 0 Å². The maximum Gasteiger partial charge on any atom is 0.153 e. The Bertz CT molecular complexity index is 480. The number of nitrogens with two attached hydrogens (primary N) is 1. The largest absolute Gasteiger partial charge is 0.382 e. The van der Waals surface area contributed by atoms with Gasteiger partial charge in [0.1, 0.15) is 0 Å². The van der Waals surface area contributed by atoms with Crippen molar-refractivity contribution in [2.45, 2.75) is 20.8 Å². The summed E-state index contributed by atoms with van der Waals surface area (Å²) in [6, 6.07) is 2.04. The van der Waals surface area contributed by atoms with E-state index in [1.165, 1.54) is 5.56 Å². The molecule has 0 saturated carbocycles. The van der Waals surface area contributed by atoms with Gasteiger partial charge in [-0.15, -0.1) is 0 Å². The van der Waals surface area contributed by atoms with Crippen LogP contribution in [-0.4, -0.2) is 15.2 Å². The van der Waals surface area contributed by atoms with Gasteiger partial charge in [0.05, 0.1) is 0 Å². The number of rotatable bonds is 1. The lowest BCUT2D eigenvalue weighted by Crippen LogP contribution is -1.93. The van der Waals surface area contributed by atoms with Crippen LogP contribution >= 0.6 is 0 Å². The lowest BCUT2D eigenvalue weighted by molar-refractivity contribution is 1.05. The van der Waals surface area contributed by atoms with Crippen molar-refractivity contribution in [1.82, 2.24) is 15.2 Å². The zero-order valence-electron chi connectivity index (χ0n) is 9.13. The van der Waals surface area contributed by atoms with Crippen molar-refractivity contribution in [3.63, 3.8) is 0 Å². The molecular weight excluding hydrogens is 188 g/mol. The van der Waals surface area contributed by atoms with Crippen molar-refractivity contribution in [3.05, 3.63) is 29.2 Å². The average Bonchev–Trinajstić information content (AvgIpc) is 2.48. The van der Waals surface area contributed by atoms with Crippen LogP contribution in [0.2, 0.25) is 0 Å². The van der Waals surface area contributed by atoms with Crippen LogP contribution < -0.4 is 5.73 Å². The molecule has 0 unspecified atom stereocenters. The molecule has 0 fully saturated rings. The predicted octanol–water partition coefficient (Wildman–Crippen LogP) is 1.98. The van der Waals surface area contributed by atoms with E-state index in [1.807, 2.05) is 26.1 Å². The van der Waals surface area contributed by atoms with E-state index in [0.29, 0.717) is 5.82 Å². The summed E-state index contributed by atoms with van der Waals surface area (Å²) in [4.78, 5) is 4.28. The number of aromatic nitrogens is 3. The first-order valence-corrected chi connectivity index (χ1v) is 4.83. The van der Waals surface area contributed by atoms with E-state index in [1.54, 1.807) is 0 Å². The Morgan fingerprint density at radius 2 is 2.00 bits per heavy atom. The number of aromatic amines is 1. The second-order valence-electron chi connectivity index (χ2n) is 3.75. The van der Waals surface area contributed by atoms with E-state index in [-0.39, 0.29) is 0 Å². The summed E-state index contributed by atoms with van der Waals surface area (Å²) in [5, 5.41) is 6.86. The van der Waals surface area contributed by atoms with Gasteiger partial charge in [0.15, 0.2) is 5.82 Å². The molecule has 2 aromatic heterocycles. The Kier molecular flexibility index (Phi) is 2.19. The van der Waals surface area contributed by atoms with Crippen LogP contribution in [0.4, 0.5) is 5.82 Å². The van der Waals surface area contributed by atoms with Gasteiger partial charge in [0.25, 0.3) is 0 Å². The van der Waals surface area contributed by atoms with Crippen molar-refractivity contribution >= 4 is 5.82 Å². The van der Waals surface area contributed by atoms with Crippen LogP contribution in [-0.2, 0) is 0 Å². The SMILES string of the molecule is Cc1cc(C)c(-c2c(N)n[nH]c2C)cn1. The van der Waals surface area contributed by atoms with Crippen LogP contribution in [0, 0.1) is 20.8 Å². The number of H-pyrrole nitrogens is 1. The molecule has 2 heterocycles. The number of nitrogens with one attached hydrogen (secondary N) is 1. The van der Waals surface area contributed by atoms with E-state index >= 15 is 0 Å². The van der Waals surface area contributed by atoms with Gasteiger partial charge >= 0.3 is 0 Å². The van der Waals surface area contributed by atoms with Crippen molar-refractivity contribution < 1.29 is 0 Å². The normalized spacial score (nSPS) is 10.6. The van der Waals surface area contributed by atoms with Gasteiger partial charge in [-0.2, -0.15) is 5.10 Å². The smallest absolute Gasteiger partial charge is 0.153 e. The van der Waals surface area contributed by atoms with Gasteiger partial charge in [-0.25, -0.2) is 0 Å². The fourth-order valence-electron chi connectivity index (χ4n) is 1.75. The molecule has 4 nitrogen and oxygen atoms in total. The van der Waals surface area contributed by atoms with E-state index in [2.05, 4.69) is 22.1 Å². The van der Waals surface area contributed by atoms with E-state index < -0.39 is 0 Å². The highest BCUT2D eigenvalue weighted by atomic mass is 15.2. The fourth-order valence-corrected chi connectivity index (χ4v) is 1.75. The van der Waals surface area contributed by atoms with Crippen LogP contribution in [0.1, 0.15) is 17.0 Å². The summed E-state index contributed by atoms with van der Waals surface area (Å²) in [5.41, 5.74) is 11.0. The first kappa shape index (κ1) is 9.71. The molecule has 4 heteroatoms. The Morgan fingerprint density at radius 3 is 2.53 bits per heavy atom. The lowest BCUT2D eigenvalue weighted by Gasteiger charge is -2.05. The molecule has 0 amide bonds. The third kappa shape index (κ3) is 1.58. The molecule has 0 saturated heterocycles. The summed E-state index contributed by atoms with van der Waals surface area (Å²) in [7, 11) is 0. The summed E-state index contributed by atoms with van der Waals surface area (Å²) < 4.78 is 0. The first-order valence-electron chi connectivity index (χ1n) is 4.83. The lowest BCUT2D eigenvalue weighted by atomic mass is 10.0. The number of pyridine rings is 1. The number of anilines is 1. The van der Waals surface area contributed by atoms with Crippen molar-refractivity contribution in [1.29, 1.82) is 0 Å². The number of aryl methyl sites for hydroxylation is 3. The molecule has 2 rings (SSSR count). The molecule has 0 aliphatic rings. The summed E-state index contributed by atoms with van der Waals surface area (Å²) in [6.07, 6.45) is 1.85. The predicted molar refractivity (Wildman–Crippen MR) is 60.4 cm³/mol. The number of hydrogen-bond acceptors (Lipinski definition) is 3. The molecular formula is C11H14N4. The Labute approximate surface area is 88.5 Å². The number of nitrogens with zero attached hydrogens (tertiary/aromatic N) is 2. The minimum atomic E-state index is 0.529. The fraction of sp³-hybridized carbons (Fsp3) is 0.273. The molecule has 0 radical (unpaired) electrons. The molecule has 0 bridgehead atoms. The molecule has 0 aromatic carbocycles. The third-order valence-electron chi connectivity index (χ3n) is 2.49. The quantitative estimate of drug-likeness (QED) is 0.743. The van der Waals surface area contributed by atoms with Crippen LogP contribution in [0.3, 0.4) is 0 Å². The molecule has 2 aromatic rings. The Hall–Kier alpha value is -1.84. The highest BCUT2D eigenvalue weighted by molar-refractivity contribution is 5.77. The van der Waals surface area contributed by atoms with Crippen LogP contribution in [0.15, 0.2) is 12.3 Å². The van der Waals surface area contributed by atoms with Gasteiger partial charge in [-0.3, -0.25) is 10.1 Å². The first-order chi connectivity index (χ1) is 7.09. The highest BCUT2D eigenvalue weighted by Gasteiger charge is 2.12. The molecule has 0 aliphatic heterocycles. The van der Waals surface area contributed by atoms with Crippen molar-refractivity contribution in [2.24, 2.45) is 0 Å². The average molecular weight is 202 g/mol. The minimum absolute atomic E-state index is 0.529. The molecule has 0 atom stereocenters. The maximum absolute atomic E-state index is 5.81. The van der Waals surface area contributed by atoms with Gasteiger partial charge in [0, 0.05) is 28.7 Å². The van der Waals surface area contributed by atoms with Crippen molar-refractivity contribution in [3.8, 4) is 11.1 Å². The number of nitrogen functional groups attached to an aromatic ring is 1. The molecule has 15 heavy (non-hydrogen) atoms. The summed E-state index contributed by atoms with van der Waals surface area (Å²) in [6.45, 7) is 5.98.